The van der Waals surface area contributed by atoms with E-state index >= 15 is 0 Å². The van der Waals surface area contributed by atoms with E-state index in [1.807, 2.05) is 36.4 Å². The van der Waals surface area contributed by atoms with Crippen molar-refractivity contribution in [2.75, 3.05) is 6.61 Å². The van der Waals surface area contributed by atoms with E-state index in [-0.39, 0.29) is 5.97 Å². The van der Waals surface area contributed by atoms with E-state index in [1.54, 1.807) is 13.0 Å². The predicted octanol–water partition coefficient (Wildman–Crippen LogP) is 4.40. The first-order valence-corrected chi connectivity index (χ1v) is 6.22. The van der Waals surface area contributed by atoms with Gasteiger partial charge in [0, 0.05) is 5.57 Å². The summed E-state index contributed by atoms with van der Waals surface area (Å²) in [4.78, 5) is 10.8. The van der Waals surface area contributed by atoms with Crippen LogP contribution in [0, 0.1) is 0 Å². The Morgan fingerprint density at radius 3 is 2.32 bits per heavy atom. The monoisotopic (exact) mass is 258 g/mol. The Hall–Kier alpha value is -2.09. The van der Waals surface area contributed by atoms with Gasteiger partial charge < -0.3 is 4.74 Å². The van der Waals surface area contributed by atoms with Gasteiger partial charge in [0.25, 0.3) is 0 Å². The van der Waals surface area contributed by atoms with E-state index < -0.39 is 0 Å². The Kier molecular flexibility index (Phi) is 9.81. The van der Waals surface area contributed by atoms with Crippen LogP contribution in [-0.4, -0.2) is 12.6 Å². The molecule has 0 unspecified atom stereocenters. The quantitative estimate of drug-likeness (QED) is 0.327. The molecular formula is C17H22O2. The molecule has 0 saturated carbocycles. The van der Waals surface area contributed by atoms with Crippen molar-refractivity contribution in [2.24, 2.45) is 0 Å². The van der Waals surface area contributed by atoms with Gasteiger partial charge in [-0.15, -0.1) is 6.58 Å². The summed E-state index contributed by atoms with van der Waals surface area (Å²) in [5.74, 6) is -0.311. The van der Waals surface area contributed by atoms with Gasteiger partial charge in [-0.25, -0.2) is 4.79 Å². The second-order valence-corrected chi connectivity index (χ2v) is 3.96. The fourth-order valence-electron chi connectivity index (χ4n) is 1.10. The predicted molar refractivity (Wildman–Crippen MR) is 81.7 cm³/mol. The topological polar surface area (TPSA) is 26.3 Å². The molecule has 1 rings (SSSR count). The maximum Gasteiger partial charge on any atom is 0.333 e. The third-order valence-corrected chi connectivity index (χ3v) is 2.17. The van der Waals surface area contributed by atoms with Gasteiger partial charge in [0.15, 0.2) is 0 Å². The molecule has 0 spiro atoms. The first kappa shape index (κ1) is 16.9. The van der Waals surface area contributed by atoms with Gasteiger partial charge in [-0.3, -0.25) is 0 Å². The van der Waals surface area contributed by atoms with Crippen LogP contribution in [-0.2, 0) is 9.53 Å². The number of ether oxygens (including phenoxy) is 1. The summed E-state index contributed by atoms with van der Waals surface area (Å²) < 4.78 is 4.82. The molecule has 1 aromatic rings. The summed E-state index contributed by atoms with van der Waals surface area (Å²) >= 11 is 0. The summed E-state index contributed by atoms with van der Waals surface area (Å²) in [5, 5.41) is 0. The SMILES string of the molecule is C=CCCCOC(=O)C(=C)C.C=Cc1ccccc1. The number of carbonyl (C=O) groups is 1. The normalized spacial score (nSPS) is 8.68. The lowest BCUT2D eigenvalue weighted by Crippen LogP contribution is -2.05. The number of hydrogen-bond acceptors (Lipinski definition) is 2. The van der Waals surface area contributed by atoms with E-state index in [9.17, 15) is 4.79 Å². The van der Waals surface area contributed by atoms with E-state index in [2.05, 4.69) is 19.7 Å². The van der Waals surface area contributed by atoms with Crippen LogP contribution in [0.2, 0.25) is 0 Å². The van der Waals surface area contributed by atoms with Crippen LogP contribution in [0.15, 0.2) is 61.7 Å². The van der Waals surface area contributed by atoms with Crippen LogP contribution in [0.1, 0.15) is 25.3 Å². The van der Waals surface area contributed by atoms with Crippen molar-refractivity contribution >= 4 is 12.0 Å². The molecule has 2 nitrogen and oxygen atoms in total. The summed E-state index contributed by atoms with van der Waals surface area (Å²) in [6, 6.07) is 10.0. The summed E-state index contributed by atoms with van der Waals surface area (Å²) in [6.45, 7) is 12.7. The number of hydrogen-bond donors (Lipinski definition) is 0. The number of carbonyl (C=O) groups excluding carboxylic acids is 1. The highest BCUT2D eigenvalue weighted by Crippen LogP contribution is 1.97. The maximum atomic E-state index is 10.8. The average molecular weight is 258 g/mol. The molecule has 0 bridgehead atoms. The van der Waals surface area contributed by atoms with Gasteiger partial charge in [0.1, 0.15) is 0 Å². The van der Waals surface area contributed by atoms with Crippen molar-refractivity contribution in [2.45, 2.75) is 19.8 Å². The smallest absolute Gasteiger partial charge is 0.333 e. The van der Waals surface area contributed by atoms with E-state index in [4.69, 9.17) is 4.74 Å². The maximum absolute atomic E-state index is 10.8. The lowest BCUT2D eigenvalue weighted by Gasteiger charge is -2.01. The fourth-order valence-corrected chi connectivity index (χ4v) is 1.10. The standard InChI is InChI=1S/C9H14O2.C8H8/c1-4-5-6-7-11-9(10)8(2)3;1-2-8-6-4-3-5-7-8/h4H,1-2,5-7H2,3H3;2-7H,1H2. The first-order valence-electron chi connectivity index (χ1n) is 6.22. The molecule has 0 radical (unpaired) electrons. The number of unbranched alkanes of at least 4 members (excludes halogenated alkanes) is 1. The van der Waals surface area contributed by atoms with E-state index in [0.717, 1.165) is 12.8 Å². The lowest BCUT2D eigenvalue weighted by atomic mass is 10.2. The van der Waals surface area contributed by atoms with Crippen molar-refractivity contribution < 1.29 is 9.53 Å². The fraction of sp³-hybridized carbons (Fsp3) is 0.235. The van der Waals surface area contributed by atoms with Crippen LogP contribution >= 0.6 is 0 Å². The van der Waals surface area contributed by atoms with Crippen molar-refractivity contribution in [3.05, 3.63) is 67.3 Å². The average Bonchev–Trinajstić information content (AvgIpc) is 2.45. The van der Waals surface area contributed by atoms with Gasteiger partial charge in [-0.2, -0.15) is 0 Å². The second kappa shape index (κ2) is 11.0. The zero-order valence-electron chi connectivity index (χ0n) is 11.6. The Morgan fingerprint density at radius 2 is 1.89 bits per heavy atom. The third kappa shape index (κ3) is 9.60. The molecule has 0 fully saturated rings. The summed E-state index contributed by atoms with van der Waals surface area (Å²) in [6.07, 6.45) is 5.35. The number of benzene rings is 1. The molecular weight excluding hydrogens is 236 g/mol. The Balaban J connectivity index is 0.000000356. The van der Waals surface area contributed by atoms with Crippen LogP contribution in [0.25, 0.3) is 6.08 Å². The Bertz CT molecular complexity index is 405. The second-order valence-electron chi connectivity index (χ2n) is 3.96. The van der Waals surface area contributed by atoms with Crippen molar-refractivity contribution in [1.29, 1.82) is 0 Å². The van der Waals surface area contributed by atoms with Gasteiger partial charge in [-0.05, 0) is 25.3 Å². The van der Waals surface area contributed by atoms with Gasteiger partial charge in [0.2, 0.25) is 0 Å². The number of rotatable bonds is 6. The first-order chi connectivity index (χ1) is 9.11. The summed E-state index contributed by atoms with van der Waals surface area (Å²) in [5.41, 5.74) is 1.62. The molecule has 0 amide bonds. The lowest BCUT2D eigenvalue weighted by molar-refractivity contribution is -0.139. The highest BCUT2D eigenvalue weighted by Gasteiger charge is 2.00. The number of esters is 1. The zero-order chi connectivity index (χ0) is 14.5. The van der Waals surface area contributed by atoms with Crippen molar-refractivity contribution in [3.63, 3.8) is 0 Å². The Morgan fingerprint density at radius 1 is 1.26 bits per heavy atom. The highest BCUT2D eigenvalue weighted by atomic mass is 16.5. The molecule has 0 saturated heterocycles. The minimum atomic E-state index is -0.311. The molecule has 0 N–H and O–H groups in total. The molecule has 19 heavy (non-hydrogen) atoms. The molecule has 0 aliphatic carbocycles. The highest BCUT2D eigenvalue weighted by molar-refractivity contribution is 5.86. The number of allylic oxidation sites excluding steroid dienone is 1. The largest absolute Gasteiger partial charge is 0.462 e. The molecule has 0 aliphatic heterocycles. The third-order valence-electron chi connectivity index (χ3n) is 2.17. The van der Waals surface area contributed by atoms with Gasteiger partial charge >= 0.3 is 5.97 Å². The zero-order valence-corrected chi connectivity index (χ0v) is 11.6. The minimum Gasteiger partial charge on any atom is -0.462 e. The molecule has 0 aromatic heterocycles. The van der Waals surface area contributed by atoms with Crippen molar-refractivity contribution in [3.8, 4) is 0 Å². The summed E-state index contributed by atoms with van der Waals surface area (Å²) in [7, 11) is 0. The van der Waals surface area contributed by atoms with Crippen LogP contribution in [0.3, 0.4) is 0 Å². The molecule has 2 heteroatoms. The molecule has 0 aliphatic rings. The Labute approximate surface area is 116 Å². The van der Waals surface area contributed by atoms with Crippen LogP contribution in [0.4, 0.5) is 0 Å². The van der Waals surface area contributed by atoms with E-state index in [0.29, 0.717) is 12.2 Å². The van der Waals surface area contributed by atoms with Gasteiger partial charge in [0.05, 0.1) is 6.61 Å². The molecule has 1 aromatic carbocycles. The molecule has 0 atom stereocenters. The minimum absolute atomic E-state index is 0.311. The van der Waals surface area contributed by atoms with Crippen LogP contribution < -0.4 is 0 Å². The van der Waals surface area contributed by atoms with Crippen molar-refractivity contribution in [1.82, 2.24) is 0 Å². The van der Waals surface area contributed by atoms with Gasteiger partial charge in [-0.1, -0.05) is 55.6 Å². The molecule has 102 valence electrons. The van der Waals surface area contributed by atoms with Crippen LogP contribution in [0.5, 0.6) is 0 Å². The van der Waals surface area contributed by atoms with E-state index in [1.165, 1.54) is 5.56 Å². The molecule has 0 heterocycles.